The van der Waals surface area contributed by atoms with Crippen molar-refractivity contribution < 1.29 is 13.6 Å². The summed E-state index contributed by atoms with van der Waals surface area (Å²) in [5.74, 6) is -1.10. The van der Waals surface area contributed by atoms with E-state index in [-0.39, 0.29) is 29.1 Å². The number of nitrogens with zero attached hydrogens (tertiary/aromatic N) is 4. The number of rotatable bonds is 6. The molecule has 1 aromatic carbocycles. The van der Waals surface area contributed by atoms with E-state index in [1.54, 1.807) is 25.3 Å². The first-order valence-electron chi connectivity index (χ1n) is 10.4. The van der Waals surface area contributed by atoms with Gasteiger partial charge in [-0.05, 0) is 38.0 Å². The van der Waals surface area contributed by atoms with E-state index in [0.717, 1.165) is 18.2 Å². The SMILES string of the molecule is Cc1nc2scc(CC(=O)NCC(C)C)n2c(=O)c1-c1cc(C)n(-c2cc(F)ccc2F)n1. The minimum Gasteiger partial charge on any atom is -0.356 e. The fourth-order valence-corrected chi connectivity index (χ4v) is 4.48. The number of aromatic nitrogens is 4. The predicted molar refractivity (Wildman–Crippen MR) is 123 cm³/mol. The second-order valence-electron chi connectivity index (χ2n) is 8.28. The zero-order valence-corrected chi connectivity index (χ0v) is 19.5. The number of fused-ring (bicyclic) bond motifs is 1. The Hall–Kier alpha value is -3.40. The van der Waals surface area contributed by atoms with Gasteiger partial charge in [-0.1, -0.05) is 13.8 Å². The van der Waals surface area contributed by atoms with Crippen molar-refractivity contribution in [2.75, 3.05) is 6.54 Å². The normalized spacial score (nSPS) is 11.5. The molecule has 0 fully saturated rings. The molecule has 3 aromatic heterocycles. The number of benzene rings is 1. The van der Waals surface area contributed by atoms with Crippen molar-refractivity contribution in [2.24, 2.45) is 5.92 Å². The Labute approximate surface area is 192 Å². The molecule has 0 spiro atoms. The van der Waals surface area contributed by atoms with Gasteiger partial charge in [-0.15, -0.1) is 11.3 Å². The van der Waals surface area contributed by atoms with Crippen molar-refractivity contribution in [1.29, 1.82) is 0 Å². The second kappa shape index (κ2) is 8.86. The number of hydrogen-bond acceptors (Lipinski definition) is 5. The van der Waals surface area contributed by atoms with Crippen molar-refractivity contribution in [3.8, 4) is 16.9 Å². The van der Waals surface area contributed by atoms with E-state index < -0.39 is 11.6 Å². The van der Waals surface area contributed by atoms with Crippen LogP contribution < -0.4 is 10.9 Å². The molecule has 0 aliphatic rings. The summed E-state index contributed by atoms with van der Waals surface area (Å²) in [5.41, 5.74) is 1.63. The molecule has 0 radical (unpaired) electrons. The van der Waals surface area contributed by atoms with E-state index in [0.29, 0.717) is 40.2 Å². The molecule has 1 amide bonds. The fourth-order valence-electron chi connectivity index (χ4n) is 3.56. The molecular weight excluding hydrogens is 448 g/mol. The molecule has 172 valence electrons. The summed E-state index contributed by atoms with van der Waals surface area (Å²) in [6.45, 7) is 7.93. The first-order chi connectivity index (χ1) is 15.7. The first kappa shape index (κ1) is 22.8. The Balaban J connectivity index is 1.78. The second-order valence-corrected chi connectivity index (χ2v) is 9.11. The lowest BCUT2D eigenvalue weighted by molar-refractivity contribution is -0.120. The molecule has 0 saturated carbocycles. The highest BCUT2D eigenvalue weighted by Gasteiger charge is 2.21. The zero-order chi connectivity index (χ0) is 23.9. The number of carbonyl (C=O) groups excluding carboxylic acids is 1. The van der Waals surface area contributed by atoms with Crippen LogP contribution in [-0.4, -0.2) is 31.6 Å². The predicted octanol–water partition coefficient (Wildman–Crippen LogP) is 3.82. The summed E-state index contributed by atoms with van der Waals surface area (Å²) in [7, 11) is 0. The molecule has 33 heavy (non-hydrogen) atoms. The van der Waals surface area contributed by atoms with Gasteiger partial charge in [-0.2, -0.15) is 5.10 Å². The van der Waals surface area contributed by atoms with Crippen LogP contribution in [0.4, 0.5) is 8.78 Å². The van der Waals surface area contributed by atoms with Crippen molar-refractivity contribution >= 4 is 22.2 Å². The number of amides is 1. The Bertz CT molecular complexity index is 1420. The molecule has 0 bridgehead atoms. The summed E-state index contributed by atoms with van der Waals surface area (Å²) in [6.07, 6.45) is 0.0405. The lowest BCUT2D eigenvalue weighted by Gasteiger charge is -2.08. The summed E-state index contributed by atoms with van der Waals surface area (Å²) in [4.78, 5) is 30.8. The average Bonchev–Trinajstić information content (AvgIpc) is 3.31. The van der Waals surface area contributed by atoms with Crippen molar-refractivity contribution in [3.63, 3.8) is 0 Å². The van der Waals surface area contributed by atoms with Crippen molar-refractivity contribution in [2.45, 2.75) is 34.1 Å². The molecule has 4 rings (SSSR count). The van der Waals surface area contributed by atoms with Crippen LogP contribution in [0.15, 0.2) is 34.4 Å². The van der Waals surface area contributed by atoms with Crippen LogP contribution in [-0.2, 0) is 11.2 Å². The van der Waals surface area contributed by atoms with E-state index in [9.17, 15) is 18.4 Å². The molecule has 1 N–H and O–H groups in total. The van der Waals surface area contributed by atoms with Gasteiger partial charge in [0.05, 0.1) is 17.7 Å². The van der Waals surface area contributed by atoms with Gasteiger partial charge >= 0.3 is 0 Å². The Morgan fingerprint density at radius 2 is 1.97 bits per heavy atom. The fraction of sp³-hybridized carbons (Fsp3) is 0.304. The molecule has 4 aromatic rings. The van der Waals surface area contributed by atoms with Crippen LogP contribution >= 0.6 is 11.3 Å². The van der Waals surface area contributed by atoms with Gasteiger partial charge < -0.3 is 5.32 Å². The molecule has 7 nitrogen and oxygen atoms in total. The van der Waals surface area contributed by atoms with Gasteiger partial charge in [0.1, 0.15) is 23.0 Å². The average molecular weight is 472 g/mol. The van der Waals surface area contributed by atoms with Crippen LogP contribution in [0.1, 0.15) is 30.9 Å². The van der Waals surface area contributed by atoms with E-state index in [1.165, 1.54) is 20.4 Å². The first-order valence-corrected chi connectivity index (χ1v) is 11.3. The van der Waals surface area contributed by atoms with E-state index in [2.05, 4.69) is 15.4 Å². The minimum atomic E-state index is -0.635. The van der Waals surface area contributed by atoms with Gasteiger partial charge in [-0.3, -0.25) is 14.0 Å². The number of thiazole rings is 1. The topological polar surface area (TPSA) is 81.3 Å². The van der Waals surface area contributed by atoms with Gasteiger partial charge in [0.2, 0.25) is 5.91 Å². The number of carbonyl (C=O) groups is 1. The third-order valence-corrected chi connectivity index (χ3v) is 6.02. The maximum Gasteiger partial charge on any atom is 0.268 e. The van der Waals surface area contributed by atoms with E-state index in [1.807, 2.05) is 13.8 Å². The lowest BCUT2D eigenvalue weighted by atomic mass is 10.1. The van der Waals surface area contributed by atoms with Gasteiger partial charge in [0.25, 0.3) is 5.56 Å². The minimum absolute atomic E-state index is 0.0405. The van der Waals surface area contributed by atoms with Crippen LogP contribution in [0.3, 0.4) is 0 Å². The smallest absolute Gasteiger partial charge is 0.268 e. The van der Waals surface area contributed by atoms with Crippen LogP contribution in [0.5, 0.6) is 0 Å². The summed E-state index contributed by atoms with van der Waals surface area (Å²) < 4.78 is 30.7. The summed E-state index contributed by atoms with van der Waals surface area (Å²) in [5, 5.41) is 8.98. The lowest BCUT2D eigenvalue weighted by Crippen LogP contribution is -2.30. The largest absolute Gasteiger partial charge is 0.356 e. The van der Waals surface area contributed by atoms with Crippen molar-refractivity contribution in [1.82, 2.24) is 24.5 Å². The molecule has 0 saturated heterocycles. The number of hydrogen-bond donors (Lipinski definition) is 1. The highest BCUT2D eigenvalue weighted by molar-refractivity contribution is 7.15. The molecule has 3 heterocycles. The quantitative estimate of drug-likeness (QED) is 0.464. The molecule has 0 aliphatic carbocycles. The molecule has 0 unspecified atom stereocenters. The Morgan fingerprint density at radius 1 is 1.21 bits per heavy atom. The maximum atomic E-state index is 14.3. The van der Waals surface area contributed by atoms with E-state index in [4.69, 9.17) is 0 Å². The van der Waals surface area contributed by atoms with E-state index >= 15 is 0 Å². The standard InChI is InChI=1S/C23H23F2N5O2S/c1-12(2)10-26-20(31)9-16-11-33-23-27-14(4)21(22(32)29(16)23)18-7-13(3)30(28-18)19-8-15(24)5-6-17(19)25/h5-8,11-12H,9-10H2,1-4H3,(H,26,31). The Kier molecular flexibility index (Phi) is 6.11. The molecule has 0 atom stereocenters. The maximum absolute atomic E-state index is 14.3. The highest BCUT2D eigenvalue weighted by atomic mass is 32.1. The van der Waals surface area contributed by atoms with Gasteiger partial charge in [0.15, 0.2) is 4.96 Å². The third kappa shape index (κ3) is 4.43. The van der Waals surface area contributed by atoms with Crippen LogP contribution in [0, 0.1) is 31.4 Å². The molecular formula is C23H23F2N5O2S. The van der Waals surface area contributed by atoms with Gasteiger partial charge in [-0.25, -0.2) is 18.4 Å². The van der Waals surface area contributed by atoms with Crippen LogP contribution in [0.2, 0.25) is 0 Å². The van der Waals surface area contributed by atoms with Crippen molar-refractivity contribution in [3.05, 3.63) is 68.7 Å². The monoisotopic (exact) mass is 471 g/mol. The summed E-state index contributed by atoms with van der Waals surface area (Å²) in [6, 6.07) is 4.74. The van der Waals surface area contributed by atoms with Crippen LogP contribution in [0.25, 0.3) is 21.9 Å². The highest BCUT2D eigenvalue weighted by Crippen LogP contribution is 2.24. The molecule has 10 heteroatoms. The third-order valence-electron chi connectivity index (χ3n) is 5.15. The van der Waals surface area contributed by atoms with Gasteiger partial charge in [0, 0.05) is 29.4 Å². The number of nitrogens with one attached hydrogen (secondary N) is 1. The number of aryl methyl sites for hydroxylation is 2. The zero-order valence-electron chi connectivity index (χ0n) is 18.6. The summed E-state index contributed by atoms with van der Waals surface area (Å²) >= 11 is 1.28. The Morgan fingerprint density at radius 3 is 2.70 bits per heavy atom. The molecule has 0 aliphatic heterocycles. The number of halogens is 2.